The molecule has 0 aliphatic rings. The molecule has 108 valence electrons. The molecule has 3 nitrogen and oxygen atoms in total. The first-order valence-corrected chi connectivity index (χ1v) is 8.35. The maximum absolute atomic E-state index is 11.7. The van der Waals surface area contributed by atoms with Gasteiger partial charge in [-0.05, 0) is 45.9 Å². The zero-order valence-electron chi connectivity index (χ0n) is 12.3. The Balaban J connectivity index is 2.94. The van der Waals surface area contributed by atoms with E-state index in [9.17, 15) is 8.42 Å². The predicted molar refractivity (Wildman–Crippen MR) is 83.5 cm³/mol. The molecule has 0 aromatic heterocycles. The van der Waals surface area contributed by atoms with Crippen molar-refractivity contribution in [2.75, 3.05) is 0 Å². The second-order valence-corrected chi connectivity index (χ2v) is 7.37. The quantitative estimate of drug-likeness (QED) is 0.936. The lowest BCUT2D eigenvalue weighted by molar-refractivity contribution is 0.597. The zero-order chi connectivity index (χ0) is 15.1. The first kappa shape index (κ1) is 15.0. The first-order chi connectivity index (χ1) is 9.21. The van der Waals surface area contributed by atoms with Crippen LogP contribution in [-0.2, 0) is 10.0 Å². The van der Waals surface area contributed by atoms with Crippen LogP contribution in [0.25, 0.3) is 10.8 Å². The highest BCUT2D eigenvalue weighted by atomic mass is 32.2. The molecule has 2 aromatic rings. The van der Waals surface area contributed by atoms with Gasteiger partial charge in [0.25, 0.3) is 0 Å². The van der Waals surface area contributed by atoms with E-state index in [2.05, 4.69) is 27.7 Å². The lowest BCUT2D eigenvalue weighted by Gasteiger charge is -2.16. The number of primary sulfonamides is 1. The van der Waals surface area contributed by atoms with Crippen molar-refractivity contribution in [3.8, 4) is 0 Å². The van der Waals surface area contributed by atoms with Gasteiger partial charge in [0.1, 0.15) is 0 Å². The van der Waals surface area contributed by atoms with Gasteiger partial charge in [0.15, 0.2) is 0 Å². The summed E-state index contributed by atoms with van der Waals surface area (Å²) in [6, 6.07) is 9.52. The molecule has 0 atom stereocenters. The summed E-state index contributed by atoms with van der Waals surface area (Å²) in [5.41, 5.74) is 2.17. The van der Waals surface area contributed by atoms with Crippen LogP contribution in [0.1, 0.15) is 50.7 Å². The standard InChI is InChI=1S/C16H21NO2S/c1-10(2)13-6-5-7-14-15(11(3)4)8-12(9-16(13)14)20(17,18)19/h5-11H,1-4H3,(H2,17,18,19). The number of rotatable bonds is 3. The number of benzene rings is 2. The van der Waals surface area contributed by atoms with Crippen LogP contribution in [0.5, 0.6) is 0 Å². The summed E-state index contributed by atoms with van der Waals surface area (Å²) in [4.78, 5) is 0.196. The Labute approximate surface area is 120 Å². The van der Waals surface area contributed by atoms with Gasteiger partial charge in [0.2, 0.25) is 10.0 Å². The molecular formula is C16H21NO2S. The van der Waals surface area contributed by atoms with E-state index in [1.54, 1.807) is 12.1 Å². The number of fused-ring (bicyclic) bond motifs is 1. The maximum Gasteiger partial charge on any atom is 0.238 e. The minimum atomic E-state index is -3.69. The fraction of sp³-hybridized carbons (Fsp3) is 0.375. The van der Waals surface area contributed by atoms with Crippen LogP contribution >= 0.6 is 0 Å². The predicted octanol–water partition coefficient (Wildman–Crippen LogP) is 3.73. The molecule has 20 heavy (non-hydrogen) atoms. The third kappa shape index (κ3) is 2.72. The Morgan fingerprint density at radius 2 is 1.50 bits per heavy atom. The van der Waals surface area contributed by atoms with Gasteiger partial charge in [-0.3, -0.25) is 0 Å². The van der Waals surface area contributed by atoms with Crippen LogP contribution in [0.2, 0.25) is 0 Å². The number of hydrogen-bond acceptors (Lipinski definition) is 2. The zero-order valence-corrected chi connectivity index (χ0v) is 13.2. The molecule has 2 N–H and O–H groups in total. The van der Waals surface area contributed by atoms with Gasteiger partial charge in [-0.15, -0.1) is 0 Å². The van der Waals surface area contributed by atoms with E-state index in [1.165, 1.54) is 0 Å². The van der Waals surface area contributed by atoms with Crippen molar-refractivity contribution in [3.63, 3.8) is 0 Å². The Kier molecular flexibility index (Phi) is 3.89. The molecule has 0 bridgehead atoms. The van der Waals surface area contributed by atoms with Crippen LogP contribution in [0.3, 0.4) is 0 Å². The third-order valence-electron chi connectivity index (χ3n) is 3.61. The monoisotopic (exact) mass is 291 g/mol. The Hall–Kier alpha value is -1.39. The summed E-state index contributed by atoms with van der Waals surface area (Å²) in [6.45, 7) is 8.33. The molecule has 0 aliphatic carbocycles. The molecule has 0 heterocycles. The highest BCUT2D eigenvalue weighted by Gasteiger charge is 2.16. The van der Waals surface area contributed by atoms with Crippen molar-refractivity contribution >= 4 is 20.8 Å². The van der Waals surface area contributed by atoms with Crippen molar-refractivity contribution < 1.29 is 8.42 Å². The molecule has 0 saturated heterocycles. The smallest absolute Gasteiger partial charge is 0.225 e. The van der Waals surface area contributed by atoms with Crippen LogP contribution in [0.4, 0.5) is 0 Å². The lowest BCUT2D eigenvalue weighted by Crippen LogP contribution is -2.13. The van der Waals surface area contributed by atoms with Gasteiger partial charge in [0.05, 0.1) is 4.90 Å². The fourth-order valence-corrected chi connectivity index (χ4v) is 3.13. The Bertz CT molecular complexity index is 746. The fourth-order valence-electron chi connectivity index (χ4n) is 2.56. The summed E-state index contributed by atoms with van der Waals surface area (Å²) in [5.74, 6) is 0.566. The first-order valence-electron chi connectivity index (χ1n) is 6.81. The SMILES string of the molecule is CC(C)c1cc(S(N)(=O)=O)cc2c(C(C)C)cccc12. The van der Waals surface area contributed by atoms with Crippen molar-refractivity contribution in [2.45, 2.75) is 44.4 Å². The molecule has 2 rings (SSSR count). The van der Waals surface area contributed by atoms with Gasteiger partial charge < -0.3 is 0 Å². The molecule has 0 saturated carbocycles. The molecule has 0 radical (unpaired) electrons. The minimum absolute atomic E-state index is 0.196. The molecule has 0 unspecified atom stereocenters. The van der Waals surface area contributed by atoms with E-state index in [1.807, 2.05) is 18.2 Å². The largest absolute Gasteiger partial charge is 0.238 e. The third-order valence-corrected chi connectivity index (χ3v) is 4.50. The summed E-state index contributed by atoms with van der Waals surface area (Å²) in [7, 11) is -3.69. The summed E-state index contributed by atoms with van der Waals surface area (Å²) >= 11 is 0. The summed E-state index contributed by atoms with van der Waals surface area (Å²) < 4.78 is 23.4. The lowest BCUT2D eigenvalue weighted by atomic mass is 9.90. The number of hydrogen-bond donors (Lipinski definition) is 1. The molecule has 0 fully saturated rings. The molecule has 0 spiro atoms. The van der Waals surface area contributed by atoms with Gasteiger partial charge in [-0.1, -0.05) is 45.9 Å². The van der Waals surface area contributed by atoms with E-state index in [4.69, 9.17) is 5.14 Å². The van der Waals surface area contributed by atoms with Crippen molar-refractivity contribution in [1.82, 2.24) is 0 Å². The van der Waals surface area contributed by atoms with E-state index in [-0.39, 0.29) is 10.8 Å². The average molecular weight is 291 g/mol. The maximum atomic E-state index is 11.7. The molecule has 0 aliphatic heterocycles. The van der Waals surface area contributed by atoms with Crippen molar-refractivity contribution in [2.24, 2.45) is 5.14 Å². The van der Waals surface area contributed by atoms with E-state index in [0.717, 1.165) is 21.9 Å². The Morgan fingerprint density at radius 3 is 2.00 bits per heavy atom. The van der Waals surface area contributed by atoms with Crippen molar-refractivity contribution in [3.05, 3.63) is 41.5 Å². The molecular weight excluding hydrogens is 270 g/mol. The van der Waals surface area contributed by atoms with Gasteiger partial charge >= 0.3 is 0 Å². The van der Waals surface area contributed by atoms with Gasteiger partial charge in [0, 0.05) is 0 Å². The highest BCUT2D eigenvalue weighted by Crippen LogP contribution is 2.33. The summed E-state index contributed by atoms with van der Waals surface area (Å²) in [6.07, 6.45) is 0. The molecule has 2 aromatic carbocycles. The van der Waals surface area contributed by atoms with Crippen LogP contribution in [-0.4, -0.2) is 8.42 Å². The number of sulfonamides is 1. The summed E-state index contributed by atoms with van der Waals surface area (Å²) in [5, 5.41) is 7.41. The van der Waals surface area contributed by atoms with Gasteiger partial charge in [-0.25, -0.2) is 13.6 Å². The minimum Gasteiger partial charge on any atom is -0.225 e. The van der Waals surface area contributed by atoms with Crippen LogP contribution in [0.15, 0.2) is 35.2 Å². The highest BCUT2D eigenvalue weighted by molar-refractivity contribution is 7.89. The topological polar surface area (TPSA) is 60.2 Å². The normalized spacial score (nSPS) is 12.6. The molecule has 4 heteroatoms. The average Bonchev–Trinajstić information content (AvgIpc) is 2.35. The van der Waals surface area contributed by atoms with Crippen LogP contribution < -0.4 is 5.14 Å². The second-order valence-electron chi connectivity index (χ2n) is 5.81. The van der Waals surface area contributed by atoms with E-state index >= 15 is 0 Å². The second kappa shape index (κ2) is 5.19. The van der Waals surface area contributed by atoms with Crippen LogP contribution in [0, 0.1) is 0 Å². The van der Waals surface area contributed by atoms with E-state index in [0.29, 0.717) is 5.92 Å². The van der Waals surface area contributed by atoms with E-state index < -0.39 is 10.0 Å². The van der Waals surface area contributed by atoms with Gasteiger partial charge in [-0.2, -0.15) is 0 Å². The number of nitrogens with two attached hydrogens (primary N) is 1. The molecule has 0 amide bonds. The Morgan fingerprint density at radius 1 is 0.900 bits per heavy atom. The van der Waals surface area contributed by atoms with Crippen molar-refractivity contribution in [1.29, 1.82) is 0 Å².